The maximum Gasteiger partial charge on any atom is 0.246 e. The van der Waals surface area contributed by atoms with Gasteiger partial charge in [-0.2, -0.15) is 0 Å². The van der Waals surface area contributed by atoms with Crippen LogP contribution < -0.4 is 5.32 Å². The maximum absolute atomic E-state index is 12.4. The van der Waals surface area contributed by atoms with Gasteiger partial charge in [0.05, 0.1) is 0 Å². The zero-order chi connectivity index (χ0) is 19.1. The van der Waals surface area contributed by atoms with Gasteiger partial charge in [-0.05, 0) is 37.0 Å². The lowest BCUT2D eigenvalue weighted by Crippen LogP contribution is -2.42. The molecule has 3 rings (SSSR count). The molecule has 0 radical (unpaired) electrons. The second-order valence-electron chi connectivity index (χ2n) is 7.05. The summed E-state index contributed by atoms with van der Waals surface area (Å²) in [4.78, 5) is 26.5. The van der Waals surface area contributed by atoms with Gasteiger partial charge >= 0.3 is 0 Å². The van der Waals surface area contributed by atoms with Crippen LogP contribution in [0.25, 0.3) is 6.08 Å². The fraction of sp³-hybridized carbons (Fsp3) is 0.304. The zero-order valence-corrected chi connectivity index (χ0v) is 15.7. The third-order valence-corrected chi connectivity index (χ3v) is 4.98. The van der Waals surface area contributed by atoms with Crippen molar-refractivity contribution in [3.05, 3.63) is 77.4 Å². The summed E-state index contributed by atoms with van der Waals surface area (Å²) < 4.78 is 0. The van der Waals surface area contributed by atoms with Gasteiger partial charge in [0.25, 0.3) is 0 Å². The summed E-state index contributed by atoms with van der Waals surface area (Å²) in [5.41, 5.74) is 3.33. The lowest BCUT2D eigenvalue weighted by Gasteiger charge is -2.30. The molecular weight excluding hydrogens is 336 g/mol. The summed E-state index contributed by atoms with van der Waals surface area (Å²) in [5.74, 6) is 0.0810. The van der Waals surface area contributed by atoms with Gasteiger partial charge in [-0.1, -0.05) is 60.2 Å². The van der Waals surface area contributed by atoms with Gasteiger partial charge in [-0.15, -0.1) is 0 Å². The van der Waals surface area contributed by atoms with Crippen LogP contribution in [-0.2, 0) is 16.1 Å². The number of carbonyl (C=O) groups is 2. The first-order chi connectivity index (χ1) is 13.1. The summed E-state index contributed by atoms with van der Waals surface area (Å²) in [6.07, 6.45) is 4.88. The predicted octanol–water partition coefficient (Wildman–Crippen LogP) is 3.56. The molecule has 1 aliphatic heterocycles. The highest BCUT2D eigenvalue weighted by atomic mass is 16.2. The molecule has 1 N–H and O–H groups in total. The smallest absolute Gasteiger partial charge is 0.246 e. The Morgan fingerprint density at radius 1 is 1.04 bits per heavy atom. The Morgan fingerprint density at radius 3 is 2.37 bits per heavy atom. The Hall–Kier alpha value is -2.88. The summed E-state index contributed by atoms with van der Waals surface area (Å²) in [7, 11) is 0. The minimum Gasteiger partial charge on any atom is -0.352 e. The molecule has 27 heavy (non-hydrogen) atoms. The maximum atomic E-state index is 12.4. The van der Waals surface area contributed by atoms with Crippen LogP contribution in [0.15, 0.2) is 60.7 Å². The normalized spacial score (nSPS) is 15.1. The van der Waals surface area contributed by atoms with E-state index >= 15 is 0 Å². The molecule has 0 bridgehead atoms. The quantitative estimate of drug-likeness (QED) is 0.827. The van der Waals surface area contributed by atoms with E-state index in [-0.39, 0.29) is 17.7 Å². The van der Waals surface area contributed by atoms with E-state index in [0.717, 1.165) is 11.1 Å². The van der Waals surface area contributed by atoms with E-state index in [2.05, 4.69) is 17.4 Å². The fourth-order valence-corrected chi connectivity index (χ4v) is 3.24. The Bertz CT molecular complexity index is 789. The van der Waals surface area contributed by atoms with Crippen LogP contribution in [-0.4, -0.2) is 29.8 Å². The number of aryl methyl sites for hydroxylation is 1. The minimum absolute atomic E-state index is 0.0115. The SMILES string of the molecule is Cc1ccc(CNC(=O)C2CCN(C(=O)C=Cc3ccccc3)CC2)cc1. The molecule has 0 atom stereocenters. The van der Waals surface area contributed by atoms with Crippen molar-refractivity contribution >= 4 is 17.9 Å². The molecule has 1 heterocycles. The molecule has 0 unspecified atom stereocenters. The zero-order valence-electron chi connectivity index (χ0n) is 15.7. The van der Waals surface area contributed by atoms with Crippen molar-refractivity contribution in [1.82, 2.24) is 10.2 Å². The molecule has 0 spiro atoms. The first kappa shape index (κ1) is 18.9. The number of nitrogens with one attached hydrogen (secondary N) is 1. The van der Waals surface area contributed by atoms with Crippen LogP contribution in [0, 0.1) is 12.8 Å². The average Bonchev–Trinajstić information content (AvgIpc) is 2.72. The van der Waals surface area contributed by atoms with E-state index in [1.165, 1.54) is 5.56 Å². The van der Waals surface area contributed by atoms with Crippen molar-refractivity contribution in [1.29, 1.82) is 0 Å². The van der Waals surface area contributed by atoms with E-state index in [1.54, 1.807) is 6.08 Å². The Balaban J connectivity index is 1.43. The predicted molar refractivity (Wildman–Crippen MR) is 108 cm³/mol. The molecule has 1 saturated heterocycles. The molecule has 1 fully saturated rings. The van der Waals surface area contributed by atoms with Crippen molar-refractivity contribution in [2.45, 2.75) is 26.3 Å². The summed E-state index contributed by atoms with van der Waals surface area (Å²) in [6.45, 7) is 3.85. The van der Waals surface area contributed by atoms with Crippen molar-refractivity contribution in [3.8, 4) is 0 Å². The Kier molecular flexibility index (Phi) is 6.42. The standard InChI is InChI=1S/C23H26N2O2/c1-18-7-9-20(10-8-18)17-24-23(27)21-13-15-25(16-14-21)22(26)12-11-19-5-3-2-4-6-19/h2-12,21H,13-17H2,1H3,(H,24,27). The number of piperidine rings is 1. The topological polar surface area (TPSA) is 49.4 Å². The van der Waals surface area contributed by atoms with Crippen LogP contribution in [0.2, 0.25) is 0 Å². The van der Waals surface area contributed by atoms with Gasteiger partial charge < -0.3 is 10.2 Å². The summed E-state index contributed by atoms with van der Waals surface area (Å²) >= 11 is 0. The molecule has 2 aromatic carbocycles. The van der Waals surface area contributed by atoms with Gasteiger partial charge in [0.15, 0.2) is 0 Å². The van der Waals surface area contributed by atoms with Gasteiger partial charge in [-0.25, -0.2) is 0 Å². The first-order valence-electron chi connectivity index (χ1n) is 9.47. The number of hydrogen-bond acceptors (Lipinski definition) is 2. The fourth-order valence-electron chi connectivity index (χ4n) is 3.24. The Morgan fingerprint density at radius 2 is 1.70 bits per heavy atom. The van der Waals surface area contributed by atoms with E-state index in [1.807, 2.05) is 60.4 Å². The average molecular weight is 362 g/mol. The molecule has 0 aromatic heterocycles. The van der Waals surface area contributed by atoms with Crippen molar-refractivity contribution in [2.75, 3.05) is 13.1 Å². The number of carbonyl (C=O) groups excluding carboxylic acids is 2. The van der Waals surface area contributed by atoms with Crippen molar-refractivity contribution < 1.29 is 9.59 Å². The molecule has 140 valence electrons. The minimum atomic E-state index is -0.0161. The third-order valence-electron chi connectivity index (χ3n) is 4.98. The number of likely N-dealkylation sites (tertiary alicyclic amines) is 1. The molecule has 1 aliphatic rings. The van der Waals surface area contributed by atoms with Crippen molar-refractivity contribution in [3.63, 3.8) is 0 Å². The molecule has 2 amide bonds. The van der Waals surface area contributed by atoms with Gasteiger partial charge in [-0.3, -0.25) is 9.59 Å². The number of amides is 2. The molecular formula is C23H26N2O2. The monoisotopic (exact) mass is 362 g/mol. The van der Waals surface area contributed by atoms with Gasteiger partial charge in [0, 0.05) is 31.6 Å². The highest BCUT2D eigenvalue weighted by Crippen LogP contribution is 2.18. The molecule has 4 nitrogen and oxygen atoms in total. The first-order valence-corrected chi connectivity index (χ1v) is 9.47. The van der Waals surface area contributed by atoms with Crippen LogP contribution in [0.4, 0.5) is 0 Å². The second-order valence-corrected chi connectivity index (χ2v) is 7.05. The highest BCUT2D eigenvalue weighted by molar-refractivity contribution is 5.92. The third kappa shape index (κ3) is 5.55. The molecule has 4 heteroatoms. The highest BCUT2D eigenvalue weighted by Gasteiger charge is 2.26. The largest absolute Gasteiger partial charge is 0.352 e. The van der Waals surface area contributed by atoms with E-state index < -0.39 is 0 Å². The van der Waals surface area contributed by atoms with Gasteiger partial charge in [0.1, 0.15) is 0 Å². The van der Waals surface area contributed by atoms with Crippen LogP contribution >= 0.6 is 0 Å². The van der Waals surface area contributed by atoms with Crippen molar-refractivity contribution in [2.24, 2.45) is 5.92 Å². The Labute approximate surface area is 160 Å². The summed E-state index contributed by atoms with van der Waals surface area (Å²) in [6, 6.07) is 18.0. The van der Waals surface area contributed by atoms with Crippen LogP contribution in [0.3, 0.4) is 0 Å². The van der Waals surface area contributed by atoms with E-state index in [9.17, 15) is 9.59 Å². The molecule has 0 aliphatic carbocycles. The van der Waals surface area contributed by atoms with E-state index in [0.29, 0.717) is 32.5 Å². The van der Waals surface area contributed by atoms with Crippen LogP contribution in [0.1, 0.15) is 29.5 Å². The summed E-state index contributed by atoms with van der Waals surface area (Å²) in [5, 5.41) is 3.02. The van der Waals surface area contributed by atoms with Gasteiger partial charge in [0.2, 0.25) is 11.8 Å². The number of nitrogens with zero attached hydrogens (tertiary/aromatic N) is 1. The lowest BCUT2D eigenvalue weighted by atomic mass is 9.95. The molecule has 0 saturated carbocycles. The number of rotatable bonds is 5. The molecule has 2 aromatic rings. The second kappa shape index (κ2) is 9.17. The lowest BCUT2D eigenvalue weighted by molar-refractivity contribution is -0.132. The van der Waals surface area contributed by atoms with Crippen LogP contribution in [0.5, 0.6) is 0 Å². The number of hydrogen-bond donors (Lipinski definition) is 1. The van der Waals surface area contributed by atoms with E-state index in [4.69, 9.17) is 0 Å². The number of benzene rings is 2.